The molecular weight excluding hydrogens is 214 g/mol. The van der Waals surface area contributed by atoms with Crippen LogP contribution in [-0.4, -0.2) is 23.4 Å². The molecule has 82 valence electrons. The summed E-state index contributed by atoms with van der Waals surface area (Å²) in [6, 6.07) is 1.62. The second-order valence-corrected chi connectivity index (χ2v) is 3.49. The minimum atomic E-state index is -0.226. The van der Waals surface area contributed by atoms with Gasteiger partial charge >= 0.3 is 6.03 Å². The Kier molecular flexibility index (Phi) is 4.90. The standard InChI is InChI=1S/C10H14ClN3O/c1-8-3-6-12-7-9(8)14-10(15)13-5-2-4-11/h3,6-7H,2,4-5H2,1H3,(H2,13,14,15). The van der Waals surface area contributed by atoms with Gasteiger partial charge in [0.2, 0.25) is 0 Å². The van der Waals surface area contributed by atoms with Gasteiger partial charge in [-0.3, -0.25) is 4.98 Å². The van der Waals surface area contributed by atoms with Gasteiger partial charge in [0.15, 0.2) is 0 Å². The van der Waals surface area contributed by atoms with Crippen molar-refractivity contribution >= 4 is 23.3 Å². The van der Waals surface area contributed by atoms with Crippen LogP contribution in [0.4, 0.5) is 10.5 Å². The number of aromatic nitrogens is 1. The number of alkyl halides is 1. The van der Waals surface area contributed by atoms with Gasteiger partial charge in [0, 0.05) is 18.6 Å². The molecule has 0 aliphatic rings. The lowest BCUT2D eigenvalue weighted by molar-refractivity contribution is 0.252. The molecule has 2 amide bonds. The molecule has 4 nitrogen and oxygen atoms in total. The van der Waals surface area contributed by atoms with E-state index < -0.39 is 0 Å². The number of hydrogen-bond acceptors (Lipinski definition) is 2. The molecule has 0 bridgehead atoms. The lowest BCUT2D eigenvalue weighted by Gasteiger charge is -2.08. The summed E-state index contributed by atoms with van der Waals surface area (Å²) in [5.74, 6) is 0.548. The monoisotopic (exact) mass is 227 g/mol. The first kappa shape index (κ1) is 11.8. The second-order valence-electron chi connectivity index (χ2n) is 3.11. The third-order valence-corrected chi connectivity index (χ3v) is 2.15. The number of carbonyl (C=O) groups is 1. The zero-order valence-corrected chi connectivity index (χ0v) is 9.34. The molecule has 15 heavy (non-hydrogen) atoms. The molecule has 2 N–H and O–H groups in total. The lowest BCUT2D eigenvalue weighted by atomic mass is 10.2. The van der Waals surface area contributed by atoms with Crippen LogP contribution in [0, 0.1) is 6.92 Å². The molecule has 5 heteroatoms. The Morgan fingerprint density at radius 2 is 2.40 bits per heavy atom. The number of nitrogens with zero attached hydrogens (tertiary/aromatic N) is 1. The fraction of sp³-hybridized carbons (Fsp3) is 0.400. The summed E-state index contributed by atoms with van der Waals surface area (Å²) in [6.07, 6.45) is 4.07. The Labute approximate surface area is 94.0 Å². The molecule has 1 aromatic rings. The quantitative estimate of drug-likeness (QED) is 0.612. The van der Waals surface area contributed by atoms with E-state index in [4.69, 9.17) is 11.6 Å². The summed E-state index contributed by atoms with van der Waals surface area (Å²) >= 11 is 5.49. The SMILES string of the molecule is Cc1ccncc1NC(=O)NCCCCl. The molecule has 0 aliphatic carbocycles. The molecule has 0 fully saturated rings. The highest BCUT2D eigenvalue weighted by Gasteiger charge is 2.02. The summed E-state index contributed by atoms with van der Waals surface area (Å²) in [4.78, 5) is 15.3. The first-order valence-corrected chi connectivity index (χ1v) is 5.29. The number of pyridine rings is 1. The van der Waals surface area contributed by atoms with Crippen molar-refractivity contribution in [1.29, 1.82) is 0 Å². The molecule has 1 rings (SSSR count). The van der Waals surface area contributed by atoms with E-state index in [-0.39, 0.29) is 6.03 Å². The Hall–Kier alpha value is -1.29. The van der Waals surface area contributed by atoms with Crippen LogP contribution in [0.5, 0.6) is 0 Å². The van der Waals surface area contributed by atoms with Gasteiger partial charge in [0.1, 0.15) is 0 Å². The van der Waals surface area contributed by atoms with E-state index in [1.807, 2.05) is 13.0 Å². The lowest BCUT2D eigenvalue weighted by Crippen LogP contribution is -2.30. The van der Waals surface area contributed by atoms with Gasteiger partial charge in [-0.2, -0.15) is 0 Å². The van der Waals surface area contributed by atoms with Crippen molar-refractivity contribution in [3.8, 4) is 0 Å². The largest absolute Gasteiger partial charge is 0.338 e. The molecule has 0 aliphatic heterocycles. The van der Waals surface area contributed by atoms with Crippen LogP contribution in [-0.2, 0) is 0 Å². The molecule has 1 aromatic heterocycles. The van der Waals surface area contributed by atoms with E-state index in [0.717, 1.165) is 17.7 Å². The first-order chi connectivity index (χ1) is 7.24. The predicted octanol–water partition coefficient (Wildman–Crippen LogP) is 2.14. The third-order valence-electron chi connectivity index (χ3n) is 1.88. The van der Waals surface area contributed by atoms with Crippen LogP contribution < -0.4 is 10.6 Å². The van der Waals surface area contributed by atoms with Gasteiger partial charge in [-0.1, -0.05) is 0 Å². The minimum absolute atomic E-state index is 0.226. The fourth-order valence-corrected chi connectivity index (χ4v) is 1.16. The van der Waals surface area contributed by atoms with Crippen molar-refractivity contribution in [2.75, 3.05) is 17.7 Å². The zero-order valence-electron chi connectivity index (χ0n) is 8.59. The maximum Gasteiger partial charge on any atom is 0.319 e. The number of amides is 2. The van der Waals surface area contributed by atoms with Crippen LogP contribution in [0.1, 0.15) is 12.0 Å². The van der Waals surface area contributed by atoms with Crippen molar-refractivity contribution in [1.82, 2.24) is 10.3 Å². The van der Waals surface area contributed by atoms with Crippen molar-refractivity contribution in [3.63, 3.8) is 0 Å². The second kappa shape index (κ2) is 6.24. The van der Waals surface area contributed by atoms with Gasteiger partial charge in [-0.25, -0.2) is 4.79 Å². The van der Waals surface area contributed by atoms with Crippen LogP contribution >= 0.6 is 11.6 Å². The Morgan fingerprint density at radius 3 is 3.07 bits per heavy atom. The van der Waals surface area contributed by atoms with Crippen LogP contribution in [0.2, 0.25) is 0 Å². The van der Waals surface area contributed by atoms with Crippen LogP contribution in [0.25, 0.3) is 0 Å². The van der Waals surface area contributed by atoms with Crippen LogP contribution in [0.3, 0.4) is 0 Å². The predicted molar refractivity (Wildman–Crippen MR) is 61.3 cm³/mol. The van der Waals surface area contributed by atoms with E-state index in [1.165, 1.54) is 0 Å². The van der Waals surface area contributed by atoms with Crippen molar-refractivity contribution < 1.29 is 4.79 Å². The minimum Gasteiger partial charge on any atom is -0.338 e. The van der Waals surface area contributed by atoms with E-state index in [1.54, 1.807) is 12.4 Å². The molecule has 1 heterocycles. The molecular formula is C10H14ClN3O. The van der Waals surface area contributed by atoms with Gasteiger partial charge in [0.25, 0.3) is 0 Å². The molecule has 0 saturated carbocycles. The molecule has 0 radical (unpaired) electrons. The highest BCUT2D eigenvalue weighted by atomic mass is 35.5. The van der Waals surface area contributed by atoms with E-state index in [9.17, 15) is 4.79 Å². The van der Waals surface area contributed by atoms with Gasteiger partial charge in [-0.15, -0.1) is 11.6 Å². The number of rotatable bonds is 4. The molecule has 0 atom stereocenters. The first-order valence-electron chi connectivity index (χ1n) is 4.75. The molecule has 0 spiro atoms. The number of carbonyl (C=O) groups excluding carboxylic acids is 1. The number of aryl methyl sites for hydroxylation is 1. The van der Waals surface area contributed by atoms with Gasteiger partial charge in [0.05, 0.1) is 11.9 Å². The van der Waals surface area contributed by atoms with Gasteiger partial charge < -0.3 is 10.6 Å². The highest BCUT2D eigenvalue weighted by Crippen LogP contribution is 2.10. The summed E-state index contributed by atoms with van der Waals surface area (Å²) in [5, 5.41) is 5.41. The highest BCUT2D eigenvalue weighted by molar-refractivity contribution is 6.17. The van der Waals surface area contributed by atoms with Gasteiger partial charge in [-0.05, 0) is 25.0 Å². The average Bonchev–Trinajstić information content (AvgIpc) is 2.22. The summed E-state index contributed by atoms with van der Waals surface area (Å²) in [5.41, 5.74) is 1.71. The number of urea groups is 1. The van der Waals surface area contributed by atoms with E-state index >= 15 is 0 Å². The fourth-order valence-electron chi connectivity index (χ4n) is 1.03. The van der Waals surface area contributed by atoms with Crippen molar-refractivity contribution in [3.05, 3.63) is 24.0 Å². The summed E-state index contributed by atoms with van der Waals surface area (Å²) in [7, 11) is 0. The Bertz CT molecular complexity index is 330. The number of hydrogen-bond donors (Lipinski definition) is 2. The molecule has 0 aromatic carbocycles. The summed E-state index contributed by atoms with van der Waals surface area (Å²) in [6.45, 7) is 2.49. The average molecular weight is 228 g/mol. The maximum atomic E-state index is 11.3. The number of anilines is 1. The summed E-state index contributed by atoms with van der Waals surface area (Å²) < 4.78 is 0. The Morgan fingerprint density at radius 1 is 1.60 bits per heavy atom. The van der Waals surface area contributed by atoms with Crippen molar-refractivity contribution in [2.45, 2.75) is 13.3 Å². The van der Waals surface area contributed by atoms with E-state index in [0.29, 0.717) is 12.4 Å². The smallest absolute Gasteiger partial charge is 0.319 e. The Balaban J connectivity index is 2.41. The third kappa shape index (κ3) is 4.16. The van der Waals surface area contributed by atoms with E-state index in [2.05, 4.69) is 15.6 Å². The molecule has 0 unspecified atom stereocenters. The zero-order chi connectivity index (χ0) is 11.1. The van der Waals surface area contributed by atoms with Crippen molar-refractivity contribution in [2.24, 2.45) is 0 Å². The number of nitrogens with one attached hydrogen (secondary N) is 2. The normalized spacial score (nSPS) is 9.73. The molecule has 0 saturated heterocycles. The van der Waals surface area contributed by atoms with Crippen LogP contribution in [0.15, 0.2) is 18.5 Å². The topological polar surface area (TPSA) is 54.0 Å². The number of halogens is 1. The maximum absolute atomic E-state index is 11.3.